The quantitative estimate of drug-likeness (QED) is 0.117. The predicted molar refractivity (Wildman–Crippen MR) is 426 cm³/mol. The monoisotopic (exact) mass is 1380 g/mol. The van der Waals surface area contributed by atoms with Crippen molar-refractivity contribution in [1.82, 2.24) is 39.9 Å². The fourth-order valence-electron chi connectivity index (χ4n) is 15.4. The lowest BCUT2D eigenvalue weighted by Gasteiger charge is -2.34. The fourth-order valence-corrected chi connectivity index (χ4v) is 17.5. The largest absolute Gasteiger partial charge is 0.436 e. The van der Waals surface area contributed by atoms with Crippen molar-refractivity contribution in [3.8, 4) is 125 Å². The Morgan fingerprint density at radius 1 is 0.229 bits per heavy atom. The van der Waals surface area contributed by atoms with Gasteiger partial charge in [0.05, 0.1) is 5.41 Å². The van der Waals surface area contributed by atoms with Gasteiger partial charge in [0.1, 0.15) is 11.0 Å². The molecule has 105 heavy (non-hydrogen) atoms. The lowest BCUT2D eigenvalue weighted by atomic mass is 9.67. The van der Waals surface area contributed by atoms with Crippen LogP contribution in [0.3, 0.4) is 0 Å². The Labute approximate surface area is 609 Å². The first-order valence-corrected chi connectivity index (χ1v) is 36.5. The molecule has 0 fully saturated rings. The van der Waals surface area contributed by atoms with E-state index >= 15 is 0 Å². The van der Waals surface area contributed by atoms with Crippen LogP contribution >= 0.6 is 22.7 Å². The maximum absolute atomic E-state index is 6.75. The summed E-state index contributed by atoms with van der Waals surface area (Å²) in [6.45, 7) is 0. The summed E-state index contributed by atoms with van der Waals surface area (Å²) in [4.78, 5) is 40.7. The van der Waals surface area contributed by atoms with Crippen LogP contribution in [0.2, 0.25) is 0 Å². The Bertz CT molecular complexity index is 6750. The summed E-state index contributed by atoms with van der Waals surface area (Å²) >= 11 is 3.56. The van der Waals surface area contributed by atoms with Crippen LogP contribution in [-0.4, -0.2) is 39.9 Å². The van der Waals surface area contributed by atoms with E-state index < -0.39 is 5.41 Å². The van der Waals surface area contributed by atoms with E-state index in [0.717, 1.165) is 126 Å². The SMILES string of the molecule is c1ccc(-c2nc(-c3ccccc3)nc(-c3ccc4sc5ccc(-c6ccc(C7(c8ccc9nc(-c%10ccccc%10)oc9c8)c8ccccc8-c8c(-c9ccc(-c%10nc(-c%11ccccc%11)nc(-c%11ccc%12sc%13ccc(-c%14nc%15ccccc%15o%14)cc%13c%12c%11)n%10)cc9)cccc87)cc6)cc5c4c3)n2)cc1. The maximum Gasteiger partial charge on any atom is 0.227 e. The number of thiophene rings is 2. The third kappa shape index (κ3) is 10.2. The molecule has 0 aliphatic heterocycles. The second kappa shape index (κ2) is 24.4. The van der Waals surface area contributed by atoms with E-state index in [2.05, 4.69) is 182 Å². The highest BCUT2D eigenvalue weighted by Gasteiger charge is 2.47. The van der Waals surface area contributed by atoms with Crippen LogP contribution in [0.15, 0.2) is 336 Å². The summed E-state index contributed by atoms with van der Waals surface area (Å²) in [6.07, 6.45) is 0. The molecule has 14 aromatic carbocycles. The highest BCUT2D eigenvalue weighted by Crippen LogP contribution is 2.59. The molecule has 0 saturated heterocycles. The normalized spacial score (nSPS) is 13.4. The summed E-state index contributed by atoms with van der Waals surface area (Å²) in [6, 6.07) is 115. The van der Waals surface area contributed by atoms with E-state index in [9.17, 15) is 0 Å². The van der Waals surface area contributed by atoms with E-state index in [1.54, 1.807) is 22.7 Å². The molecular weight excluding hydrogens is 1330 g/mol. The average molecular weight is 1380 g/mol. The number of nitrogens with zero attached hydrogens (tertiary/aromatic N) is 8. The molecule has 20 aromatic rings. The second-order valence-electron chi connectivity index (χ2n) is 26.5. The third-order valence-electron chi connectivity index (χ3n) is 20.4. The van der Waals surface area contributed by atoms with Crippen molar-refractivity contribution in [2.75, 3.05) is 0 Å². The molecule has 1 aliphatic rings. The Balaban J connectivity index is 0.667. The Morgan fingerprint density at radius 2 is 0.610 bits per heavy atom. The van der Waals surface area contributed by atoms with Crippen molar-refractivity contribution in [1.29, 1.82) is 0 Å². The summed E-state index contributed by atoms with van der Waals surface area (Å²) in [5.74, 6) is 4.81. The second-order valence-corrected chi connectivity index (χ2v) is 28.7. The first kappa shape index (κ1) is 60.3. The topological polar surface area (TPSA) is 129 Å². The highest BCUT2D eigenvalue weighted by molar-refractivity contribution is 7.26. The van der Waals surface area contributed by atoms with Crippen molar-refractivity contribution < 1.29 is 8.83 Å². The van der Waals surface area contributed by atoms with E-state index in [-0.39, 0.29) is 0 Å². The minimum atomic E-state index is -0.796. The molecule has 21 rings (SSSR count). The summed E-state index contributed by atoms with van der Waals surface area (Å²) < 4.78 is 17.7. The minimum Gasteiger partial charge on any atom is -0.436 e. The molecule has 6 heterocycles. The third-order valence-corrected chi connectivity index (χ3v) is 22.7. The van der Waals surface area contributed by atoms with Gasteiger partial charge in [0, 0.05) is 84.9 Å². The average Bonchev–Trinajstić information content (AvgIpc) is 1.53. The van der Waals surface area contributed by atoms with E-state index in [1.807, 2.05) is 146 Å². The molecule has 10 nitrogen and oxygen atoms in total. The molecule has 0 saturated carbocycles. The highest BCUT2D eigenvalue weighted by atomic mass is 32.1. The van der Waals surface area contributed by atoms with Gasteiger partial charge in [-0.05, 0) is 159 Å². The lowest BCUT2D eigenvalue weighted by Crippen LogP contribution is -2.28. The van der Waals surface area contributed by atoms with Crippen LogP contribution in [0.4, 0.5) is 0 Å². The van der Waals surface area contributed by atoms with Crippen molar-refractivity contribution >= 4 is 85.2 Å². The Morgan fingerprint density at radius 3 is 1.17 bits per heavy atom. The van der Waals surface area contributed by atoms with E-state index in [1.165, 1.54) is 30.6 Å². The molecule has 0 bridgehead atoms. The summed E-state index contributed by atoms with van der Waals surface area (Å²) in [7, 11) is 0. The number of benzene rings is 14. The fraction of sp³-hybridized carbons (Fsp3) is 0.0108. The number of rotatable bonds is 12. The zero-order chi connectivity index (χ0) is 69.1. The van der Waals surface area contributed by atoms with Gasteiger partial charge in [-0.1, -0.05) is 224 Å². The van der Waals surface area contributed by atoms with Crippen LogP contribution in [0.1, 0.15) is 22.3 Å². The minimum absolute atomic E-state index is 0.577. The first-order chi connectivity index (χ1) is 51.9. The number of para-hydroxylation sites is 2. The van der Waals surface area contributed by atoms with Gasteiger partial charge in [0.25, 0.3) is 0 Å². The number of hydrogen-bond acceptors (Lipinski definition) is 12. The van der Waals surface area contributed by atoms with E-state index in [4.69, 9.17) is 48.7 Å². The summed E-state index contributed by atoms with van der Waals surface area (Å²) in [5, 5.41) is 4.55. The molecule has 0 radical (unpaired) electrons. The number of aromatic nitrogens is 8. The molecule has 0 N–H and O–H groups in total. The van der Waals surface area contributed by atoms with Gasteiger partial charge in [0.15, 0.2) is 46.1 Å². The van der Waals surface area contributed by atoms with Crippen LogP contribution in [0.25, 0.3) is 187 Å². The standard InChI is InChI=1S/C93H54N8O2S2/c1-5-18-57(19-6-1)85-96-86(58-20-7-2-8-21-58)99-89(98-85)63-39-47-81-71(51-63)70-50-62(38-46-80(70)104-81)55-36-42-66(43-37-55)93(67-44-45-77-79(54-67)103-91(95-77)61-24-11-4-12-25-61)74-28-14-13-26-69(74)84-68(27-17-29-75(84)93)56-32-34-60(35-33-56)88-97-87(59-22-9-3-10-23-59)100-90(101-88)64-40-48-82-72(52-64)73-53-65(41-49-83(73)105-82)92-94-76-30-15-16-31-78(76)102-92/h1-54H. The Hall–Kier alpha value is -13.5. The molecule has 0 spiro atoms. The van der Waals surface area contributed by atoms with Gasteiger partial charge < -0.3 is 8.83 Å². The van der Waals surface area contributed by atoms with Crippen LogP contribution < -0.4 is 0 Å². The van der Waals surface area contributed by atoms with Gasteiger partial charge >= 0.3 is 0 Å². The summed E-state index contributed by atoms with van der Waals surface area (Å²) in [5.41, 5.74) is 20.8. The molecule has 490 valence electrons. The van der Waals surface area contributed by atoms with Crippen molar-refractivity contribution in [3.05, 3.63) is 350 Å². The predicted octanol–water partition coefficient (Wildman–Crippen LogP) is 24.1. The molecule has 1 atom stereocenters. The molecule has 1 aliphatic carbocycles. The number of hydrogen-bond donors (Lipinski definition) is 0. The molecule has 0 amide bonds. The van der Waals surface area contributed by atoms with Gasteiger partial charge in [0.2, 0.25) is 11.8 Å². The van der Waals surface area contributed by atoms with Crippen LogP contribution in [0.5, 0.6) is 0 Å². The zero-order valence-electron chi connectivity index (χ0n) is 55.9. The van der Waals surface area contributed by atoms with Crippen molar-refractivity contribution in [3.63, 3.8) is 0 Å². The molecule has 12 heteroatoms. The number of fused-ring (bicyclic) bond motifs is 11. The first-order valence-electron chi connectivity index (χ1n) is 34.8. The van der Waals surface area contributed by atoms with Crippen LogP contribution in [-0.2, 0) is 5.41 Å². The van der Waals surface area contributed by atoms with Crippen LogP contribution in [0, 0.1) is 0 Å². The lowest BCUT2D eigenvalue weighted by molar-refractivity contribution is 0.618. The zero-order valence-corrected chi connectivity index (χ0v) is 57.5. The van der Waals surface area contributed by atoms with Crippen molar-refractivity contribution in [2.24, 2.45) is 0 Å². The molecule has 6 aromatic heterocycles. The maximum atomic E-state index is 6.75. The van der Waals surface area contributed by atoms with Crippen molar-refractivity contribution in [2.45, 2.75) is 5.41 Å². The smallest absolute Gasteiger partial charge is 0.227 e. The van der Waals surface area contributed by atoms with Gasteiger partial charge in [-0.15, -0.1) is 22.7 Å². The number of oxazole rings is 2. The van der Waals surface area contributed by atoms with E-state index in [0.29, 0.717) is 52.3 Å². The van der Waals surface area contributed by atoms with Gasteiger partial charge in [-0.3, -0.25) is 0 Å². The van der Waals surface area contributed by atoms with Gasteiger partial charge in [-0.25, -0.2) is 39.9 Å². The molecule has 1 unspecified atom stereocenters. The Kier molecular flexibility index (Phi) is 14.0. The molecular formula is C93H54N8O2S2. The van der Waals surface area contributed by atoms with Gasteiger partial charge in [-0.2, -0.15) is 0 Å².